The number of aliphatic hydroxyl groups excluding tert-OH is 1. The zero-order chi connectivity index (χ0) is 13.0. The Bertz CT molecular complexity index is 407. The number of methoxy groups -OCH3 is 1. The van der Waals surface area contributed by atoms with Crippen molar-refractivity contribution in [3.63, 3.8) is 0 Å². The molecule has 0 spiro atoms. The molecule has 1 rings (SSSR count). The first kappa shape index (κ1) is 14.0. The molecular formula is C12H16BrNO3. The van der Waals surface area contributed by atoms with Gasteiger partial charge in [-0.2, -0.15) is 0 Å². The third kappa shape index (κ3) is 3.71. The molecule has 0 aliphatic heterocycles. The number of amides is 1. The number of carbonyl (C=O) groups is 1. The first-order valence-electron chi connectivity index (χ1n) is 5.22. The van der Waals surface area contributed by atoms with Crippen molar-refractivity contribution in [2.24, 2.45) is 0 Å². The molecule has 0 aromatic heterocycles. The second-order valence-corrected chi connectivity index (χ2v) is 4.79. The molecule has 4 nitrogen and oxygen atoms in total. The number of likely N-dealkylation sites (N-methyl/N-ethyl adjacent to an activating group) is 1. The van der Waals surface area contributed by atoms with E-state index in [1.807, 2.05) is 0 Å². The van der Waals surface area contributed by atoms with Crippen molar-refractivity contribution < 1.29 is 14.6 Å². The summed E-state index contributed by atoms with van der Waals surface area (Å²) in [5, 5.41) is 9.26. The van der Waals surface area contributed by atoms with Gasteiger partial charge in [-0.05, 0) is 25.1 Å². The summed E-state index contributed by atoms with van der Waals surface area (Å²) >= 11 is 3.32. The van der Waals surface area contributed by atoms with Crippen LogP contribution in [0.2, 0.25) is 0 Å². The standard InChI is InChI=1S/C12H16BrNO3/c1-8(15)7-14(2)12(16)10-5-4-9(13)6-11(10)17-3/h4-6,8,15H,7H2,1-3H3. The van der Waals surface area contributed by atoms with Gasteiger partial charge in [-0.3, -0.25) is 4.79 Å². The average molecular weight is 302 g/mol. The summed E-state index contributed by atoms with van der Waals surface area (Å²) < 4.78 is 6.01. The Morgan fingerprint density at radius 2 is 2.24 bits per heavy atom. The number of hydrogen-bond donors (Lipinski definition) is 1. The van der Waals surface area contributed by atoms with Crippen LogP contribution in [0.5, 0.6) is 5.75 Å². The molecule has 0 radical (unpaired) electrons. The van der Waals surface area contributed by atoms with E-state index in [9.17, 15) is 9.90 Å². The maximum absolute atomic E-state index is 12.1. The second kappa shape index (κ2) is 6.02. The molecule has 17 heavy (non-hydrogen) atoms. The Morgan fingerprint density at radius 1 is 1.59 bits per heavy atom. The molecule has 1 aromatic rings. The van der Waals surface area contributed by atoms with Crippen LogP contribution in [0.15, 0.2) is 22.7 Å². The van der Waals surface area contributed by atoms with Crippen molar-refractivity contribution in [3.05, 3.63) is 28.2 Å². The van der Waals surface area contributed by atoms with Gasteiger partial charge in [-0.15, -0.1) is 0 Å². The smallest absolute Gasteiger partial charge is 0.257 e. The predicted octanol–water partition coefficient (Wildman–Crippen LogP) is 1.91. The first-order valence-corrected chi connectivity index (χ1v) is 6.02. The van der Waals surface area contributed by atoms with E-state index in [-0.39, 0.29) is 12.5 Å². The minimum absolute atomic E-state index is 0.171. The van der Waals surface area contributed by atoms with Gasteiger partial charge in [-0.25, -0.2) is 0 Å². The van der Waals surface area contributed by atoms with Crippen LogP contribution in [0.1, 0.15) is 17.3 Å². The number of rotatable bonds is 4. The highest BCUT2D eigenvalue weighted by atomic mass is 79.9. The molecular weight excluding hydrogens is 286 g/mol. The molecule has 0 fully saturated rings. The van der Waals surface area contributed by atoms with Crippen LogP contribution in [0.25, 0.3) is 0 Å². The minimum Gasteiger partial charge on any atom is -0.496 e. The lowest BCUT2D eigenvalue weighted by molar-refractivity contribution is 0.0700. The summed E-state index contributed by atoms with van der Waals surface area (Å²) in [6.07, 6.45) is -0.551. The molecule has 5 heteroatoms. The molecule has 1 amide bonds. The van der Waals surface area contributed by atoms with Gasteiger partial charge in [0, 0.05) is 18.1 Å². The summed E-state index contributed by atoms with van der Waals surface area (Å²) in [4.78, 5) is 13.6. The topological polar surface area (TPSA) is 49.8 Å². The zero-order valence-electron chi connectivity index (χ0n) is 10.1. The maximum atomic E-state index is 12.1. The summed E-state index contributed by atoms with van der Waals surface area (Å²) in [5.41, 5.74) is 0.485. The molecule has 1 atom stereocenters. The fraction of sp³-hybridized carbons (Fsp3) is 0.417. The lowest BCUT2D eigenvalue weighted by Gasteiger charge is -2.20. The summed E-state index contributed by atoms with van der Waals surface area (Å²) in [6.45, 7) is 1.93. The fourth-order valence-corrected chi connectivity index (χ4v) is 1.87. The molecule has 94 valence electrons. The summed E-state index contributed by atoms with van der Waals surface area (Å²) in [7, 11) is 3.17. The van der Waals surface area contributed by atoms with Gasteiger partial charge in [0.2, 0.25) is 0 Å². The van der Waals surface area contributed by atoms with E-state index in [4.69, 9.17) is 4.74 Å². The Hall–Kier alpha value is -1.07. The minimum atomic E-state index is -0.551. The Kier molecular flexibility index (Phi) is 4.96. The van der Waals surface area contributed by atoms with E-state index in [0.717, 1.165) is 4.47 Å². The van der Waals surface area contributed by atoms with E-state index >= 15 is 0 Å². The van der Waals surface area contributed by atoms with Crippen LogP contribution in [-0.2, 0) is 0 Å². The third-order valence-corrected chi connectivity index (χ3v) is 2.77. The number of nitrogens with zero attached hydrogens (tertiary/aromatic N) is 1. The van der Waals surface area contributed by atoms with Gasteiger partial charge in [0.25, 0.3) is 5.91 Å². The fourth-order valence-electron chi connectivity index (χ4n) is 1.53. The predicted molar refractivity (Wildman–Crippen MR) is 69.3 cm³/mol. The van der Waals surface area contributed by atoms with Crippen molar-refractivity contribution in [2.75, 3.05) is 20.7 Å². The lowest BCUT2D eigenvalue weighted by atomic mass is 10.1. The van der Waals surface area contributed by atoms with E-state index in [1.54, 1.807) is 32.2 Å². The van der Waals surface area contributed by atoms with Gasteiger partial charge in [0.15, 0.2) is 0 Å². The highest BCUT2D eigenvalue weighted by molar-refractivity contribution is 9.10. The average Bonchev–Trinajstić information content (AvgIpc) is 2.27. The summed E-state index contributed by atoms with van der Waals surface area (Å²) in [6, 6.07) is 5.22. The molecule has 1 unspecified atom stereocenters. The van der Waals surface area contributed by atoms with Crippen LogP contribution >= 0.6 is 15.9 Å². The monoisotopic (exact) mass is 301 g/mol. The Balaban J connectivity index is 2.95. The van der Waals surface area contributed by atoms with Crippen LogP contribution in [0.4, 0.5) is 0 Å². The first-order chi connectivity index (χ1) is 7.95. The molecule has 0 heterocycles. The van der Waals surface area contributed by atoms with Crippen molar-refractivity contribution >= 4 is 21.8 Å². The number of ether oxygens (including phenoxy) is 1. The van der Waals surface area contributed by atoms with Gasteiger partial charge in [0.1, 0.15) is 5.75 Å². The van der Waals surface area contributed by atoms with Crippen LogP contribution < -0.4 is 4.74 Å². The number of halogens is 1. The molecule has 0 saturated carbocycles. The Labute approximate surface area is 109 Å². The van der Waals surface area contributed by atoms with Crippen LogP contribution in [0, 0.1) is 0 Å². The lowest BCUT2D eigenvalue weighted by Crippen LogP contribution is -2.33. The van der Waals surface area contributed by atoms with Crippen LogP contribution in [-0.4, -0.2) is 42.7 Å². The molecule has 0 aliphatic carbocycles. The molecule has 0 saturated heterocycles. The van der Waals surface area contributed by atoms with E-state index < -0.39 is 6.10 Å². The van der Waals surface area contributed by atoms with Crippen molar-refractivity contribution in [3.8, 4) is 5.75 Å². The van der Waals surface area contributed by atoms with Crippen molar-refractivity contribution in [1.29, 1.82) is 0 Å². The molecule has 1 N–H and O–H groups in total. The Morgan fingerprint density at radius 3 is 2.76 bits per heavy atom. The van der Waals surface area contributed by atoms with Gasteiger partial charge in [-0.1, -0.05) is 15.9 Å². The van der Waals surface area contributed by atoms with Crippen molar-refractivity contribution in [2.45, 2.75) is 13.0 Å². The normalized spacial score (nSPS) is 12.1. The van der Waals surface area contributed by atoms with Gasteiger partial charge < -0.3 is 14.7 Å². The highest BCUT2D eigenvalue weighted by Gasteiger charge is 2.17. The number of hydrogen-bond acceptors (Lipinski definition) is 3. The van der Waals surface area contributed by atoms with E-state index in [2.05, 4.69) is 15.9 Å². The zero-order valence-corrected chi connectivity index (χ0v) is 11.7. The second-order valence-electron chi connectivity index (χ2n) is 3.88. The third-order valence-electron chi connectivity index (χ3n) is 2.28. The quantitative estimate of drug-likeness (QED) is 0.924. The largest absolute Gasteiger partial charge is 0.496 e. The molecule has 1 aromatic carbocycles. The van der Waals surface area contributed by atoms with Gasteiger partial charge in [0.05, 0.1) is 18.8 Å². The highest BCUT2D eigenvalue weighted by Crippen LogP contribution is 2.24. The molecule has 0 bridgehead atoms. The molecule has 0 aliphatic rings. The number of benzene rings is 1. The van der Waals surface area contributed by atoms with E-state index in [1.165, 1.54) is 12.0 Å². The van der Waals surface area contributed by atoms with E-state index in [0.29, 0.717) is 11.3 Å². The van der Waals surface area contributed by atoms with Crippen molar-refractivity contribution in [1.82, 2.24) is 4.90 Å². The summed E-state index contributed by atoms with van der Waals surface area (Å²) in [5.74, 6) is 0.345. The van der Waals surface area contributed by atoms with Crippen LogP contribution in [0.3, 0.4) is 0 Å². The number of aliphatic hydroxyl groups is 1. The maximum Gasteiger partial charge on any atom is 0.257 e. The SMILES string of the molecule is COc1cc(Br)ccc1C(=O)N(C)CC(C)O. The van der Waals surface area contributed by atoms with Gasteiger partial charge >= 0.3 is 0 Å². The number of carbonyl (C=O) groups excluding carboxylic acids is 1.